The maximum Gasteiger partial charge on any atom is 0.264 e. The third-order valence-electron chi connectivity index (χ3n) is 6.71. The van der Waals surface area contributed by atoms with E-state index in [1.807, 2.05) is 91.0 Å². The lowest BCUT2D eigenvalue weighted by molar-refractivity contribution is -0.299. The predicted octanol–water partition coefficient (Wildman–Crippen LogP) is 4.26. The minimum atomic E-state index is -3.79. The van der Waals surface area contributed by atoms with Gasteiger partial charge in [-0.25, -0.2) is 0 Å². The van der Waals surface area contributed by atoms with E-state index in [4.69, 9.17) is 23.1 Å². The van der Waals surface area contributed by atoms with Crippen molar-refractivity contribution in [2.24, 2.45) is 0 Å². The first-order valence-corrected chi connectivity index (χ1v) is 14.2. The second-order valence-corrected chi connectivity index (χ2v) is 11.5. The summed E-state index contributed by atoms with van der Waals surface area (Å²) in [5, 5.41) is 0. The molecule has 8 heteroatoms. The van der Waals surface area contributed by atoms with Gasteiger partial charge in [0, 0.05) is 0 Å². The Kier molecular flexibility index (Phi) is 7.24. The largest absolute Gasteiger partial charge is 0.364 e. The molecule has 0 aliphatic carbocycles. The Morgan fingerprint density at radius 1 is 0.865 bits per heavy atom. The van der Waals surface area contributed by atoms with Crippen molar-refractivity contribution in [2.75, 3.05) is 19.5 Å². The summed E-state index contributed by atoms with van der Waals surface area (Å²) in [6.07, 6.45) is -1.66. The molecule has 3 aromatic carbocycles. The number of hydrogen-bond acceptors (Lipinski definition) is 7. The molecule has 2 heterocycles. The number of rotatable bonds is 8. The fourth-order valence-electron chi connectivity index (χ4n) is 5.15. The van der Waals surface area contributed by atoms with Crippen LogP contribution in [0.3, 0.4) is 0 Å². The van der Waals surface area contributed by atoms with E-state index < -0.39 is 45.9 Å². The first kappa shape index (κ1) is 26.0. The van der Waals surface area contributed by atoms with Gasteiger partial charge < -0.3 is 18.9 Å². The van der Waals surface area contributed by atoms with Gasteiger partial charge in [0.2, 0.25) is 0 Å². The van der Waals surface area contributed by atoms with Crippen LogP contribution in [0.25, 0.3) is 0 Å². The average molecular weight is 525 g/mol. The van der Waals surface area contributed by atoms with Gasteiger partial charge in [-0.05, 0) is 30.5 Å². The number of hydrogen-bond donors (Lipinski definition) is 0. The monoisotopic (exact) mass is 524 g/mol. The van der Waals surface area contributed by atoms with Crippen LogP contribution in [0.1, 0.15) is 30.5 Å². The Morgan fingerprint density at radius 3 is 1.81 bits per heavy atom. The molecule has 0 spiro atoms. The Bertz CT molecular complexity index is 1180. The molecule has 2 unspecified atom stereocenters. The maximum absolute atomic E-state index is 12.2. The first-order chi connectivity index (χ1) is 17.7. The van der Waals surface area contributed by atoms with Crippen LogP contribution in [0.5, 0.6) is 0 Å². The lowest BCUT2D eigenvalue weighted by Crippen LogP contribution is -2.51. The molecule has 2 fully saturated rings. The second-order valence-electron chi connectivity index (χ2n) is 9.86. The minimum Gasteiger partial charge on any atom is -0.364 e. The molecule has 0 amide bonds. The molecule has 5 rings (SSSR count). The molecule has 0 radical (unpaired) electrons. The van der Waals surface area contributed by atoms with Gasteiger partial charge >= 0.3 is 0 Å². The molecular formula is C29H32O7S. The first-order valence-electron chi connectivity index (χ1n) is 12.3. The summed E-state index contributed by atoms with van der Waals surface area (Å²) in [5.41, 5.74) is 1.82. The van der Waals surface area contributed by atoms with Crippen LogP contribution < -0.4 is 0 Å². The third-order valence-corrected chi connectivity index (χ3v) is 7.28. The smallest absolute Gasteiger partial charge is 0.264 e. The van der Waals surface area contributed by atoms with Gasteiger partial charge in [-0.1, -0.05) is 91.0 Å². The summed E-state index contributed by atoms with van der Waals surface area (Å²) in [7, 11) is -3.79. The molecule has 3 aromatic rings. The molecule has 0 bridgehead atoms. The summed E-state index contributed by atoms with van der Waals surface area (Å²) in [4.78, 5) is 0. The summed E-state index contributed by atoms with van der Waals surface area (Å²) < 4.78 is 55.0. The highest BCUT2D eigenvalue weighted by molar-refractivity contribution is 7.86. The van der Waals surface area contributed by atoms with Crippen LogP contribution in [-0.2, 0) is 38.8 Å². The summed E-state index contributed by atoms with van der Waals surface area (Å²) in [6.45, 7) is 3.89. The molecular weight excluding hydrogens is 492 g/mol. The zero-order valence-electron chi connectivity index (χ0n) is 21.1. The molecule has 0 N–H and O–H groups in total. The van der Waals surface area contributed by atoms with Gasteiger partial charge in [-0.3, -0.25) is 4.18 Å². The van der Waals surface area contributed by atoms with E-state index >= 15 is 0 Å². The average Bonchev–Trinajstić information content (AvgIpc) is 3.20. The standard InChI is InChI=1S/C29H32O7S/c1-28(2)32-19-24-26(35-28)27(36-37(3,30)31)25(34-24)20-33-29(21-13-7-4-8-14-21,22-15-9-5-10-16-22)23-17-11-6-12-18-23/h4-18,24-27H,19-20H2,1-3H3/t24-,25?,26+,27?/m0/s1. The van der Waals surface area contributed by atoms with Crippen LogP contribution >= 0.6 is 0 Å². The highest BCUT2D eigenvalue weighted by atomic mass is 32.2. The number of ether oxygens (including phenoxy) is 4. The van der Waals surface area contributed by atoms with Gasteiger partial charge in [0.05, 0.1) is 19.5 Å². The van der Waals surface area contributed by atoms with Gasteiger partial charge in [-0.2, -0.15) is 8.42 Å². The normalized spacial score (nSPS) is 25.5. The molecule has 196 valence electrons. The Balaban J connectivity index is 1.55. The van der Waals surface area contributed by atoms with E-state index in [1.54, 1.807) is 13.8 Å². The predicted molar refractivity (Wildman–Crippen MR) is 138 cm³/mol. The molecule has 0 aromatic heterocycles. The zero-order chi connectivity index (χ0) is 26.1. The van der Waals surface area contributed by atoms with Gasteiger partial charge in [-0.15, -0.1) is 0 Å². The Hall–Kier alpha value is -2.59. The molecule has 0 saturated carbocycles. The van der Waals surface area contributed by atoms with Crippen LogP contribution in [-0.4, -0.2) is 58.1 Å². The molecule has 2 aliphatic heterocycles. The van der Waals surface area contributed by atoms with E-state index in [1.165, 1.54) is 0 Å². The zero-order valence-corrected chi connectivity index (χ0v) is 22.0. The number of benzene rings is 3. The van der Waals surface area contributed by atoms with Crippen molar-refractivity contribution in [1.82, 2.24) is 0 Å². The Morgan fingerprint density at radius 2 is 1.35 bits per heavy atom. The van der Waals surface area contributed by atoms with Crippen LogP contribution in [0, 0.1) is 0 Å². The van der Waals surface area contributed by atoms with Crippen molar-refractivity contribution in [3.8, 4) is 0 Å². The molecule has 37 heavy (non-hydrogen) atoms. The van der Waals surface area contributed by atoms with Crippen molar-refractivity contribution < 1.29 is 31.5 Å². The topological polar surface area (TPSA) is 80.3 Å². The lowest BCUT2D eigenvalue weighted by Gasteiger charge is -2.38. The molecule has 2 saturated heterocycles. The SMILES string of the molecule is CC1(C)OC[C@@H]2OC(COC(c3ccccc3)(c3ccccc3)c3ccccc3)C(OS(C)(=O)=O)[C@@H]2O1. The van der Waals surface area contributed by atoms with Crippen molar-refractivity contribution in [3.63, 3.8) is 0 Å². The highest BCUT2D eigenvalue weighted by Gasteiger charge is 2.53. The van der Waals surface area contributed by atoms with Crippen molar-refractivity contribution in [2.45, 2.75) is 49.7 Å². The third kappa shape index (κ3) is 5.50. The van der Waals surface area contributed by atoms with E-state index in [0.717, 1.165) is 22.9 Å². The minimum absolute atomic E-state index is 0.0512. The van der Waals surface area contributed by atoms with Crippen molar-refractivity contribution in [1.29, 1.82) is 0 Å². The van der Waals surface area contributed by atoms with Crippen molar-refractivity contribution in [3.05, 3.63) is 108 Å². The van der Waals surface area contributed by atoms with Gasteiger partial charge in [0.15, 0.2) is 5.79 Å². The quantitative estimate of drug-likeness (QED) is 0.322. The lowest BCUT2D eigenvalue weighted by atomic mass is 9.80. The van der Waals surface area contributed by atoms with Crippen LogP contribution in [0.15, 0.2) is 91.0 Å². The number of fused-ring (bicyclic) bond motifs is 1. The van der Waals surface area contributed by atoms with Crippen LogP contribution in [0.4, 0.5) is 0 Å². The van der Waals surface area contributed by atoms with Gasteiger partial charge in [0.1, 0.15) is 30.0 Å². The van der Waals surface area contributed by atoms with E-state index in [2.05, 4.69) is 0 Å². The second kappa shape index (κ2) is 10.3. The molecule has 2 aliphatic rings. The molecule has 7 nitrogen and oxygen atoms in total. The molecule has 4 atom stereocenters. The van der Waals surface area contributed by atoms with Crippen LogP contribution in [0.2, 0.25) is 0 Å². The summed E-state index contributed by atoms with van der Waals surface area (Å²) in [5.74, 6) is -0.888. The van der Waals surface area contributed by atoms with Gasteiger partial charge in [0.25, 0.3) is 10.1 Å². The summed E-state index contributed by atoms with van der Waals surface area (Å²) >= 11 is 0. The highest BCUT2D eigenvalue weighted by Crippen LogP contribution is 2.42. The van der Waals surface area contributed by atoms with Crippen molar-refractivity contribution >= 4 is 10.1 Å². The van der Waals surface area contributed by atoms with E-state index in [0.29, 0.717) is 0 Å². The fraction of sp³-hybridized carbons (Fsp3) is 0.379. The maximum atomic E-state index is 12.2. The van der Waals surface area contributed by atoms with E-state index in [9.17, 15) is 8.42 Å². The Labute approximate surface area is 218 Å². The fourth-order valence-corrected chi connectivity index (χ4v) is 5.79. The van der Waals surface area contributed by atoms with E-state index in [-0.39, 0.29) is 13.2 Å². The summed E-state index contributed by atoms with van der Waals surface area (Å²) in [6, 6.07) is 29.9.